The minimum Gasteiger partial charge on any atom is -0.350 e. The molecule has 1 atom stereocenters. The summed E-state index contributed by atoms with van der Waals surface area (Å²) in [5.74, 6) is -1.86. The van der Waals surface area contributed by atoms with Crippen LogP contribution < -0.4 is 10.6 Å². The number of carbonyl (C=O) groups is 1. The molecular formula is C31H32ClF2N7O4S. The highest BCUT2D eigenvalue weighted by Gasteiger charge is 2.31. The molecule has 1 aliphatic heterocycles. The number of halogens is 3. The van der Waals surface area contributed by atoms with E-state index in [1.54, 1.807) is 15.9 Å². The molecule has 5 rings (SSSR count). The van der Waals surface area contributed by atoms with E-state index in [0.29, 0.717) is 13.1 Å². The lowest BCUT2D eigenvalue weighted by Crippen LogP contribution is -2.54. The molecule has 1 fully saturated rings. The normalized spacial score (nSPS) is 15.8. The van der Waals surface area contributed by atoms with E-state index >= 15 is 8.78 Å². The monoisotopic (exact) mass is 671 g/mol. The maximum Gasteiger partial charge on any atom is 0.355 e. The fourth-order valence-electron chi connectivity index (χ4n) is 5.47. The molecule has 0 spiro atoms. The molecule has 15 heteroatoms. The fourth-order valence-corrected chi connectivity index (χ4v) is 6.62. The fraction of sp³-hybridized carbons (Fsp3) is 0.323. The number of rotatable bonds is 7. The van der Waals surface area contributed by atoms with Crippen LogP contribution in [0.5, 0.6) is 0 Å². The second kappa shape index (κ2) is 12.9. The molecule has 0 aliphatic carbocycles. The minimum absolute atomic E-state index is 0.0634. The molecule has 0 radical (unpaired) electrons. The predicted molar refractivity (Wildman–Crippen MR) is 172 cm³/mol. The molecule has 46 heavy (non-hydrogen) atoms. The van der Waals surface area contributed by atoms with Crippen LogP contribution >= 0.6 is 11.6 Å². The van der Waals surface area contributed by atoms with Crippen molar-refractivity contribution in [2.75, 3.05) is 51.4 Å². The van der Waals surface area contributed by atoms with Gasteiger partial charge in [0.05, 0.1) is 32.2 Å². The van der Waals surface area contributed by atoms with E-state index in [9.17, 15) is 18.0 Å². The van der Waals surface area contributed by atoms with Crippen molar-refractivity contribution in [2.24, 2.45) is 0 Å². The number of sulfone groups is 1. The number of benzene rings is 1. The number of hydrogen-bond acceptors (Lipinski definition) is 9. The van der Waals surface area contributed by atoms with Gasteiger partial charge < -0.3 is 14.7 Å². The third-order valence-electron chi connectivity index (χ3n) is 7.64. The van der Waals surface area contributed by atoms with Crippen molar-refractivity contribution in [1.82, 2.24) is 29.3 Å². The lowest BCUT2D eigenvalue weighted by Gasteiger charge is -2.40. The molecule has 1 aromatic carbocycles. The van der Waals surface area contributed by atoms with Crippen LogP contribution in [0.2, 0.25) is 5.02 Å². The van der Waals surface area contributed by atoms with E-state index in [4.69, 9.17) is 11.6 Å². The largest absolute Gasteiger partial charge is 0.355 e. The number of aromatic nitrogens is 4. The number of fused-ring (bicyclic) bond motifs is 1. The second-order valence-corrected chi connectivity index (χ2v) is 13.7. The molecule has 1 aliphatic rings. The molecule has 4 aromatic rings. The summed E-state index contributed by atoms with van der Waals surface area (Å²) in [5, 5.41) is -0.0501. The van der Waals surface area contributed by atoms with Crippen molar-refractivity contribution >= 4 is 44.2 Å². The van der Waals surface area contributed by atoms with Crippen molar-refractivity contribution in [3.63, 3.8) is 0 Å². The maximum absolute atomic E-state index is 15.9. The van der Waals surface area contributed by atoms with Crippen LogP contribution in [0.1, 0.15) is 12.6 Å². The molecule has 11 nitrogen and oxygen atoms in total. The standard InChI is InChI=1S/C31H32ClF2N7O4S/c1-18-17-39(25(42)10-7-13-38(3)4)14-15-40(18)29-20-16-23(34)27(26-21(32)8-6-9-22(26)33)36-30(20)41(31(43)37-29)28-19(2)35-12-11-24(28)46(5,44)45/h6-12,16,18H,13-15,17H2,1-5H3/b10-7+/t18-/m0/s1. The minimum atomic E-state index is -3.91. The number of likely N-dealkylation sites (N-methyl/N-ethyl adjacent to an activating group) is 1. The van der Waals surface area contributed by atoms with Crippen molar-refractivity contribution in [2.45, 2.75) is 24.8 Å². The highest BCUT2D eigenvalue weighted by molar-refractivity contribution is 7.90. The Labute approximate surface area is 269 Å². The summed E-state index contributed by atoms with van der Waals surface area (Å²) in [6, 6.07) is 5.80. The van der Waals surface area contributed by atoms with E-state index in [1.807, 2.05) is 25.9 Å². The number of amides is 1. The van der Waals surface area contributed by atoms with Crippen LogP contribution in [0.4, 0.5) is 14.6 Å². The lowest BCUT2D eigenvalue weighted by molar-refractivity contribution is -0.126. The zero-order valence-corrected chi connectivity index (χ0v) is 27.4. The van der Waals surface area contributed by atoms with Gasteiger partial charge in [0.15, 0.2) is 21.3 Å². The molecule has 242 valence electrons. The third kappa shape index (κ3) is 6.37. The number of aryl methyl sites for hydroxylation is 1. The summed E-state index contributed by atoms with van der Waals surface area (Å²) in [6.45, 7) is 4.79. The smallest absolute Gasteiger partial charge is 0.350 e. The Morgan fingerprint density at radius 3 is 2.54 bits per heavy atom. The van der Waals surface area contributed by atoms with Gasteiger partial charge in [-0.3, -0.25) is 9.78 Å². The van der Waals surface area contributed by atoms with Crippen LogP contribution in [0.15, 0.2) is 58.4 Å². The summed E-state index contributed by atoms with van der Waals surface area (Å²) in [5.41, 5.74) is -1.84. The average molecular weight is 672 g/mol. The van der Waals surface area contributed by atoms with E-state index in [1.165, 1.54) is 37.4 Å². The molecule has 4 heterocycles. The van der Waals surface area contributed by atoms with Gasteiger partial charge in [-0.15, -0.1) is 0 Å². The van der Waals surface area contributed by atoms with Gasteiger partial charge in [0.1, 0.15) is 17.3 Å². The first kappa shape index (κ1) is 33.1. The lowest BCUT2D eigenvalue weighted by atomic mass is 10.1. The maximum atomic E-state index is 15.9. The number of pyridine rings is 2. The van der Waals surface area contributed by atoms with E-state index < -0.39 is 32.9 Å². The Morgan fingerprint density at radius 1 is 1.15 bits per heavy atom. The van der Waals surface area contributed by atoms with Crippen LogP contribution in [0, 0.1) is 18.6 Å². The molecule has 0 N–H and O–H groups in total. The number of piperazine rings is 1. The van der Waals surface area contributed by atoms with Gasteiger partial charge >= 0.3 is 5.69 Å². The van der Waals surface area contributed by atoms with Gasteiger partial charge in [0.25, 0.3) is 0 Å². The topological polar surface area (TPSA) is 122 Å². The van der Waals surface area contributed by atoms with E-state index in [-0.39, 0.29) is 68.8 Å². The van der Waals surface area contributed by atoms with Crippen LogP contribution in [0.3, 0.4) is 0 Å². The van der Waals surface area contributed by atoms with Gasteiger partial charge in [-0.1, -0.05) is 23.7 Å². The van der Waals surface area contributed by atoms with Gasteiger partial charge in [0.2, 0.25) is 5.91 Å². The molecule has 1 amide bonds. The number of nitrogens with zero attached hydrogens (tertiary/aromatic N) is 7. The summed E-state index contributed by atoms with van der Waals surface area (Å²) in [6.07, 6.45) is 5.56. The zero-order valence-electron chi connectivity index (χ0n) is 25.8. The summed E-state index contributed by atoms with van der Waals surface area (Å²) in [4.78, 5) is 44.9. The first-order valence-electron chi connectivity index (χ1n) is 14.3. The summed E-state index contributed by atoms with van der Waals surface area (Å²) in [7, 11) is -0.120. The predicted octanol–water partition coefficient (Wildman–Crippen LogP) is 3.64. The van der Waals surface area contributed by atoms with Crippen molar-refractivity contribution < 1.29 is 22.0 Å². The Hall–Kier alpha value is -4.27. The quantitative estimate of drug-likeness (QED) is 0.271. The number of anilines is 1. The second-order valence-electron chi connectivity index (χ2n) is 11.3. The molecule has 1 saturated heterocycles. The Balaban J connectivity index is 1.73. The van der Waals surface area contributed by atoms with Gasteiger partial charge in [-0.25, -0.2) is 31.5 Å². The number of hydrogen-bond donors (Lipinski definition) is 0. The Bertz CT molecular complexity index is 2030. The van der Waals surface area contributed by atoms with Crippen molar-refractivity contribution in [3.8, 4) is 16.9 Å². The zero-order chi connectivity index (χ0) is 33.5. The van der Waals surface area contributed by atoms with Gasteiger partial charge in [-0.2, -0.15) is 4.98 Å². The van der Waals surface area contributed by atoms with Crippen LogP contribution in [-0.2, 0) is 14.6 Å². The van der Waals surface area contributed by atoms with Crippen LogP contribution in [-0.4, -0.2) is 96.2 Å². The Morgan fingerprint density at radius 2 is 1.89 bits per heavy atom. The molecule has 0 unspecified atom stereocenters. The van der Waals surface area contributed by atoms with E-state index in [2.05, 4.69) is 15.0 Å². The van der Waals surface area contributed by atoms with Crippen LogP contribution in [0.25, 0.3) is 28.0 Å². The van der Waals surface area contributed by atoms with Crippen molar-refractivity contribution in [3.05, 3.63) is 81.5 Å². The average Bonchev–Trinajstić information content (AvgIpc) is 2.97. The van der Waals surface area contributed by atoms with Crippen molar-refractivity contribution in [1.29, 1.82) is 0 Å². The first-order valence-corrected chi connectivity index (χ1v) is 16.6. The first-order chi connectivity index (χ1) is 21.7. The highest BCUT2D eigenvalue weighted by Crippen LogP contribution is 2.36. The SMILES string of the molecule is Cc1nccc(S(C)(=O)=O)c1-n1c(=O)nc(N2CCN(C(=O)/C=C/CN(C)C)C[C@@H]2C)c2cc(F)c(-c3c(F)cccc3Cl)nc21. The molecule has 0 saturated carbocycles. The molecular weight excluding hydrogens is 640 g/mol. The summed E-state index contributed by atoms with van der Waals surface area (Å²) < 4.78 is 57.6. The van der Waals surface area contributed by atoms with Gasteiger partial charge in [-0.05, 0) is 52.2 Å². The highest BCUT2D eigenvalue weighted by atomic mass is 35.5. The van der Waals surface area contributed by atoms with Gasteiger partial charge in [0, 0.05) is 50.7 Å². The molecule has 3 aromatic heterocycles. The molecule has 0 bridgehead atoms. The third-order valence-corrected chi connectivity index (χ3v) is 9.08. The summed E-state index contributed by atoms with van der Waals surface area (Å²) >= 11 is 6.28. The Kier molecular flexibility index (Phi) is 9.25. The van der Waals surface area contributed by atoms with E-state index in [0.717, 1.165) is 23.0 Å². The number of carbonyl (C=O) groups excluding carboxylic acids is 1.